The summed E-state index contributed by atoms with van der Waals surface area (Å²) in [6.07, 6.45) is 7.03. The molecule has 1 fully saturated rings. The second-order valence-corrected chi connectivity index (χ2v) is 15.0. The van der Waals surface area contributed by atoms with Gasteiger partial charge < -0.3 is 10.2 Å². The molecule has 1 aliphatic carbocycles. The van der Waals surface area contributed by atoms with Gasteiger partial charge in [0.25, 0.3) is 10.0 Å². The topological polar surface area (TPSA) is 86.8 Å². The van der Waals surface area contributed by atoms with Gasteiger partial charge in [-0.1, -0.05) is 79.4 Å². The first-order valence-corrected chi connectivity index (χ1v) is 18.9. The van der Waals surface area contributed by atoms with Crippen molar-refractivity contribution in [3.05, 3.63) is 126 Å². The Morgan fingerprint density at radius 3 is 2.12 bits per heavy atom. The van der Waals surface area contributed by atoms with E-state index < -0.39 is 34.3 Å². The average molecular weight is 688 g/mol. The quantitative estimate of drug-likeness (QED) is 0.151. The molecule has 5 rings (SSSR count). The lowest BCUT2D eigenvalue weighted by molar-refractivity contribution is -0.140. The molecule has 48 heavy (non-hydrogen) atoms. The summed E-state index contributed by atoms with van der Waals surface area (Å²) in [4.78, 5) is 31.2. The van der Waals surface area contributed by atoms with Crippen molar-refractivity contribution in [3.8, 4) is 0 Å². The molecule has 0 spiro atoms. The second kappa shape index (κ2) is 16.3. The Bertz CT molecular complexity index is 1760. The highest BCUT2D eigenvalue weighted by Crippen LogP contribution is 2.27. The number of rotatable bonds is 13. The number of hydrogen-bond acceptors (Lipinski definition) is 5. The van der Waals surface area contributed by atoms with Crippen molar-refractivity contribution in [2.24, 2.45) is 0 Å². The molecule has 0 unspecified atom stereocenters. The minimum absolute atomic E-state index is 0.000914. The zero-order valence-corrected chi connectivity index (χ0v) is 29.0. The third kappa shape index (κ3) is 9.05. The van der Waals surface area contributed by atoms with Gasteiger partial charge in [-0.05, 0) is 85.7 Å². The number of thioether (sulfide) groups is 1. The van der Waals surface area contributed by atoms with Crippen LogP contribution in [-0.2, 0) is 32.6 Å². The number of benzene rings is 4. The highest BCUT2D eigenvalue weighted by Gasteiger charge is 2.35. The molecule has 1 atom stereocenters. The Kier molecular flexibility index (Phi) is 11.9. The normalized spacial score (nSPS) is 14.2. The summed E-state index contributed by atoms with van der Waals surface area (Å²) in [5.74, 6) is -1.26. The third-order valence-corrected chi connectivity index (χ3v) is 11.3. The molecular formula is C38H42FN3O4S2. The van der Waals surface area contributed by atoms with Crippen LogP contribution in [0, 0.1) is 12.7 Å². The lowest BCUT2D eigenvalue weighted by Crippen LogP contribution is -2.55. The smallest absolute Gasteiger partial charge is 0.264 e. The van der Waals surface area contributed by atoms with E-state index in [0.29, 0.717) is 11.3 Å². The number of carbonyl (C=O) groups excluding carboxylic acids is 2. The minimum atomic E-state index is -4.20. The van der Waals surface area contributed by atoms with Gasteiger partial charge in [-0.2, -0.15) is 0 Å². The second-order valence-electron chi connectivity index (χ2n) is 12.2. The molecule has 0 heterocycles. The summed E-state index contributed by atoms with van der Waals surface area (Å²) in [5.41, 5.74) is 2.74. The van der Waals surface area contributed by atoms with E-state index in [-0.39, 0.29) is 29.8 Å². The van der Waals surface area contributed by atoms with Crippen LogP contribution in [0.4, 0.5) is 10.1 Å². The van der Waals surface area contributed by atoms with Gasteiger partial charge in [0, 0.05) is 23.9 Å². The molecule has 7 nitrogen and oxygen atoms in total. The number of amides is 2. The molecule has 0 saturated heterocycles. The minimum Gasteiger partial charge on any atom is -0.352 e. The number of nitrogens with zero attached hydrogens (tertiary/aromatic N) is 2. The fourth-order valence-electron chi connectivity index (χ4n) is 6.00. The number of hydrogen-bond donors (Lipinski definition) is 1. The van der Waals surface area contributed by atoms with E-state index in [1.165, 1.54) is 28.8 Å². The van der Waals surface area contributed by atoms with E-state index in [4.69, 9.17) is 0 Å². The molecule has 1 N–H and O–H groups in total. The van der Waals surface area contributed by atoms with E-state index in [2.05, 4.69) is 5.32 Å². The maximum atomic E-state index is 14.6. The van der Waals surface area contributed by atoms with Crippen molar-refractivity contribution in [1.82, 2.24) is 10.2 Å². The SMILES string of the molecule is CSc1ccc(S(=O)(=O)N(CC(=O)N(Cc2ccc(F)cc2)[C@H](Cc2ccccc2)C(=O)NC2CCCCC2)c2ccc(C)cc2)cc1. The maximum absolute atomic E-state index is 14.6. The van der Waals surface area contributed by atoms with Crippen molar-refractivity contribution in [3.63, 3.8) is 0 Å². The van der Waals surface area contributed by atoms with Crippen LogP contribution in [0.2, 0.25) is 0 Å². The van der Waals surface area contributed by atoms with Crippen LogP contribution in [0.1, 0.15) is 48.8 Å². The zero-order valence-electron chi connectivity index (χ0n) is 27.3. The van der Waals surface area contributed by atoms with Crippen molar-refractivity contribution in [2.75, 3.05) is 17.1 Å². The van der Waals surface area contributed by atoms with Gasteiger partial charge >= 0.3 is 0 Å². The molecular weight excluding hydrogens is 646 g/mol. The lowest BCUT2D eigenvalue weighted by Gasteiger charge is -2.35. The maximum Gasteiger partial charge on any atom is 0.264 e. The molecule has 10 heteroatoms. The van der Waals surface area contributed by atoms with Gasteiger partial charge in [-0.3, -0.25) is 13.9 Å². The van der Waals surface area contributed by atoms with E-state index >= 15 is 0 Å². The molecule has 0 radical (unpaired) electrons. The lowest BCUT2D eigenvalue weighted by atomic mass is 9.94. The first-order valence-electron chi connectivity index (χ1n) is 16.3. The van der Waals surface area contributed by atoms with E-state index in [0.717, 1.165) is 52.4 Å². The monoisotopic (exact) mass is 687 g/mol. The van der Waals surface area contributed by atoms with Gasteiger partial charge in [0.05, 0.1) is 10.6 Å². The number of halogens is 1. The van der Waals surface area contributed by atoms with E-state index in [1.807, 2.05) is 43.5 Å². The Morgan fingerprint density at radius 2 is 1.50 bits per heavy atom. The summed E-state index contributed by atoms with van der Waals surface area (Å²) in [6, 6.07) is 27.8. The molecule has 1 aliphatic rings. The Labute approximate surface area is 287 Å². The van der Waals surface area contributed by atoms with Crippen LogP contribution < -0.4 is 9.62 Å². The predicted molar refractivity (Wildman–Crippen MR) is 190 cm³/mol. The van der Waals surface area contributed by atoms with Gasteiger partial charge in [-0.25, -0.2) is 12.8 Å². The summed E-state index contributed by atoms with van der Waals surface area (Å²) in [7, 11) is -4.20. The Hall–Kier alpha value is -4.15. The van der Waals surface area contributed by atoms with E-state index in [9.17, 15) is 22.4 Å². The van der Waals surface area contributed by atoms with Crippen LogP contribution in [0.5, 0.6) is 0 Å². The Balaban J connectivity index is 1.55. The standard InChI is InChI=1S/C38H42FN3O4S2/c1-28-13-19-33(20-14-28)42(48(45,46)35-23-21-34(47-2)22-24-35)27-37(43)41(26-30-15-17-31(39)18-16-30)36(25-29-9-5-3-6-10-29)38(44)40-32-11-7-4-8-12-32/h3,5-6,9-10,13-24,32,36H,4,7-8,11-12,25-27H2,1-2H3,(H,40,44)/t36-/m1/s1. The third-order valence-electron chi connectivity index (χ3n) is 8.74. The molecule has 0 bridgehead atoms. The zero-order chi connectivity index (χ0) is 34.1. The van der Waals surface area contributed by atoms with Crippen LogP contribution in [0.25, 0.3) is 0 Å². The van der Waals surface area contributed by atoms with Crippen LogP contribution in [0.15, 0.2) is 113 Å². The number of carbonyl (C=O) groups is 2. The molecule has 1 saturated carbocycles. The first kappa shape index (κ1) is 35.2. The van der Waals surface area contributed by atoms with Gasteiger partial charge in [-0.15, -0.1) is 11.8 Å². The average Bonchev–Trinajstić information content (AvgIpc) is 3.10. The summed E-state index contributed by atoms with van der Waals surface area (Å²) < 4.78 is 43.5. The van der Waals surface area contributed by atoms with Crippen molar-refractivity contribution in [2.45, 2.75) is 73.9 Å². The Morgan fingerprint density at radius 1 is 0.854 bits per heavy atom. The van der Waals surface area contributed by atoms with Gasteiger partial charge in [0.15, 0.2) is 0 Å². The van der Waals surface area contributed by atoms with Crippen LogP contribution in [0.3, 0.4) is 0 Å². The fraction of sp³-hybridized carbons (Fsp3) is 0.316. The van der Waals surface area contributed by atoms with Crippen molar-refractivity contribution in [1.29, 1.82) is 0 Å². The number of sulfonamides is 1. The first-order chi connectivity index (χ1) is 23.1. The molecule has 252 valence electrons. The molecule has 4 aromatic carbocycles. The van der Waals surface area contributed by atoms with Crippen LogP contribution in [-0.4, -0.2) is 50.0 Å². The molecule has 4 aromatic rings. The summed E-state index contributed by atoms with van der Waals surface area (Å²) in [6.45, 7) is 1.34. The van der Waals surface area contributed by atoms with Gasteiger partial charge in [0.2, 0.25) is 11.8 Å². The highest BCUT2D eigenvalue weighted by molar-refractivity contribution is 7.98. The largest absolute Gasteiger partial charge is 0.352 e. The molecule has 2 amide bonds. The predicted octanol–water partition coefficient (Wildman–Crippen LogP) is 7.14. The van der Waals surface area contributed by atoms with Crippen molar-refractivity contribution >= 4 is 39.3 Å². The highest BCUT2D eigenvalue weighted by atomic mass is 32.2. The van der Waals surface area contributed by atoms with Crippen LogP contribution >= 0.6 is 11.8 Å². The van der Waals surface area contributed by atoms with Gasteiger partial charge in [0.1, 0.15) is 18.4 Å². The van der Waals surface area contributed by atoms with E-state index in [1.54, 1.807) is 60.7 Å². The number of nitrogens with one attached hydrogen (secondary N) is 1. The summed E-state index contributed by atoms with van der Waals surface area (Å²) in [5, 5.41) is 3.20. The number of anilines is 1. The van der Waals surface area contributed by atoms with Crippen molar-refractivity contribution < 1.29 is 22.4 Å². The fourth-order valence-corrected chi connectivity index (χ4v) is 7.82. The summed E-state index contributed by atoms with van der Waals surface area (Å²) >= 11 is 1.50. The molecule has 0 aliphatic heterocycles. The molecule has 0 aromatic heterocycles. The number of aryl methyl sites for hydroxylation is 1.